The van der Waals surface area contributed by atoms with Crippen molar-refractivity contribution >= 4 is 38.9 Å². The Morgan fingerprint density at radius 2 is 1.92 bits per heavy atom. The van der Waals surface area contributed by atoms with E-state index >= 15 is 0 Å². The SMILES string of the molecule is COc1ccc(C)cc1C(=O)CCC(=O)Nc1ccc2nc(C)sc2c1. The van der Waals surface area contributed by atoms with Gasteiger partial charge in [0.1, 0.15) is 5.75 Å². The lowest BCUT2D eigenvalue weighted by Crippen LogP contribution is -2.13. The van der Waals surface area contributed by atoms with Gasteiger partial charge in [0.15, 0.2) is 5.78 Å². The van der Waals surface area contributed by atoms with Crippen LogP contribution in [0, 0.1) is 13.8 Å². The second-order valence-corrected chi connectivity index (χ2v) is 7.33. The fourth-order valence-electron chi connectivity index (χ4n) is 2.74. The average Bonchev–Trinajstić information content (AvgIpc) is 2.99. The third-order valence-electron chi connectivity index (χ3n) is 4.01. The number of benzene rings is 2. The Hall–Kier alpha value is -2.73. The standard InChI is InChI=1S/C20H20N2O3S/c1-12-4-8-18(25-3)15(10-12)17(23)7-9-20(24)22-14-5-6-16-19(11-14)26-13(2)21-16/h4-6,8,10-11H,7,9H2,1-3H3,(H,22,24). The quantitative estimate of drug-likeness (QED) is 0.649. The van der Waals surface area contributed by atoms with Gasteiger partial charge in [0.05, 0.1) is 27.9 Å². The molecular formula is C20H20N2O3S. The van der Waals surface area contributed by atoms with E-state index in [2.05, 4.69) is 10.3 Å². The fraction of sp³-hybridized carbons (Fsp3) is 0.250. The lowest BCUT2D eigenvalue weighted by Gasteiger charge is -2.09. The number of anilines is 1. The van der Waals surface area contributed by atoms with Crippen LogP contribution in [0.25, 0.3) is 10.2 Å². The average molecular weight is 368 g/mol. The van der Waals surface area contributed by atoms with Crippen molar-refractivity contribution < 1.29 is 14.3 Å². The van der Waals surface area contributed by atoms with Crippen LogP contribution in [0.15, 0.2) is 36.4 Å². The summed E-state index contributed by atoms with van der Waals surface area (Å²) in [5, 5.41) is 3.83. The molecule has 0 saturated heterocycles. The van der Waals surface area contributed by atoms with Crippen molar-refractivity contribution in [2.45, 2.75) is 26.7 Å². The van der Waals surface area contributed by atoms with E-state index in [0.717, 1.165) is 20.8 Å². The van der Waals surface area contributed by atoms with Crippen LogP contribution in [0.3, 0.4) is 0 Å². The molecule has 0 atom stereocenters. The third kappa shape index (κ3) is 4.08. The highest BCUT2D eigenvalue weighted by atomic mass is 32.1. The maximum absolute atomic E-state index is 12.4. The number of hydrogen-bond donors (Lipinski definition) is 1. The first kappa shape index (κ1) is 18.1. The predicted molar refractivity (Wildman–Crippen MR) is 104 cm³/mol. The summed E-state index contributed by atoms with van der Waals surface area (Å²) >= 11 is 1.58. The van der Waals surface area contributed by atoms with Gasteiger partial charge in [-0.3, -0.25) is 9.59 Å². The fourth-order valence-corrected chi connectivity index (χ4v) is 3.61. The lowest BCUT2D eigenvalue weighted by atomic mass is 10.0. The van der Waals surface area contributed by atoms with E-state index in [1.807, 2.05) is 38.1 Å². The molecule has 3 aromatic rings. The van der Waals surface area contributed by atoms with E-state index in [4.69, 9.17) is 4.74 Å². The minimum Gasteiger partial charge on any atom is -0.496 e. The molecule has 0 bridgehead atoms. The number of carbonyl (C=O) groups is 2. The highest BCUT2D eigenvalue weighted by Gasteiger charge is 2.14. The van der Waals surface area contributed by atoms with E-state index < -0.39 is 0 Å². The van der Waals surface area contributed by atoms with Crippen LogP contribution in [0.4, 0.5) is 5.69 Å². The second kappa shape index (κ2) is 7.66. The van der Waals surface area contributed by atoms with Gasteiger partial charge in [-0.15, -0.1) is 11.3 Å². The summed E-state index contributed by atoms with van der Waals surface area (Å²) in [7, 11) is 1.53. The summed E-state index contributed by atoms with van der Waals surface area (Å²) in [5.74, 6) is 0.242. The van der Waals surface area contributed by atoms with Gasteiger partial charge in [-0.05, 0) is 44.2 Å². The maximum atomic E-state index is 12.4. The molecule has 1 amide bonds. The summed E-state index contributed by atoms with van der Waals surface area (Å²) in [6.07, 6.45) is 0.253. The van der Waals surface area contributed by atoms with Gasteiger partial charge in [0.25, 0.3) is 0 Å². The number of nitrogens with zero attached hydrogens (tertiary/aromatic N) is 1. The molecule has 1 heterocycles. The van der Waals surface area contributed by atoms with E-state index in [-0.39, 0.29) is 24.5 Å². The van der Waals surface area contributed by atoms with Crippen molar-refractivity contribution in [1.82, 2.24) is 4.98 Å². The second-order valence-electron chi connectivity index (χ2n) is 6.09. The molecule has 0 aliphatic rings. The van der Waals surface area contributed by atoms with Crippen LogP contribution < -0.4 is 10.1 Å². The molecule has 0 aliphatic carbocycles. The molecule has 1 N–H and O–H groups in total. The molecule has 1 aromatic heterocycles. The van der Waals surface area contributed by atoms with E-state index in [1.54, 1.807) is 23.5 Å². The minimum atomic E-state index is -0.189. The lowest BCUT2D eigenvalue weighted by molar-refractivity contribution is -0.116. The highest BCUT2D eigenvalue weighted by Crippen LogP contribution is 2.25. The predicted octanol–water partition coefficient (Wildman–Crippen LogP) is 4.52. The van der Waals surface area contributed by atoms with Gasteiger partial charge in [-0.2, -0.15) is 0 Å². The first-order valence-electron chi connectivity index (χ1n) is 8.31. The number of aromatic nitrogens is 1. The highest BCUT2D eigenvalue weighted by molar-refractivity contribution is 7.18. The number of aryl methyl sites for hydroxylation is 2. The van der Waals surface area contributed by atoms with Crippen molar-refractivity contribution in [2.75, 3.05) is 12.4 Å². The van der Waals surface area contributed by atoms with Crippen molar-refractivity contribution in [2.24, 2.45) is 0 Å². The smallest absolute Gasteiger partial charge is 0.224 e. The van der Waals surface area contributed by atoms with E-state index in [1.165, 1.54) is 7.11 Å². The number of ketones is 1. The Morgan fingerprint density at radius 1 is 1.12 bits per heavy atom. The van der Waals surface area contributed by atoms with Gasteiger partial charge in [0, 0.05) is 18.5 Å². The zero-order valence-corrected chi connectivity index (χ0v) is 15.8. The summed E-state index contributed by atoms with van der Waals surface area (Å²) in [4.78, 5) is 29.0. The molecule has 0 saturated carbocycles. The number of hydrogen-bond acceptors (Lipinski definition) is 5. The number of ether oxygens (including phenoxy) is 1. The van der Waals surface area contributed by atoms with Crippen molar-refractivity contribution in [3.05, 3.63) is 52.5 Å². The monoisotopic (exact) mass is 368 g/mol. The summed E-state index contributed by atoms with van der Waals surface area (Å²) in [6, 6.07) is 11.1. The van der Waals surface area contributed by atoms with Gasteiger partial charge in [0.2, 0.25) is 5.91 Å². The zero-order valence-electron chi connectivity index (χ0n) is 15.0. The Balaban J connectivity index is 1.62. The van der Waals surface area contributed by atoms with Gasteiger partial charge >= 0.3 is 0 Å². The number of Topliss-reactive ketones (excluding diaryl/α,β-unsaturated/α-hetero) is 1. The minimum absolute atomic E-state index is 0.103. The molecule has 26 heavy (non-hydrogen) atoms. The largest absolute Gasteiger partial charge is 0.496 e. The summed E-state index contributed by atoms with van der Waals surface area (Å²) < 4.78 is 6.27. The molecule has 6 heteroatoms. The molecule has 2 aromatic carbocycles. The molecule has 134 valence electrons. The van der Waals surface area contributed by atoms with Crippen LogP contribution >= 0.6 is 11.3 Å². The molecule has 0 radical (unpaired) electrons. The van der Waals surface area contributed by atoms with E-state index in [0.29, 0.717) is 17.0 Å². The van der Waals surface area contributed by atoms with Gasteiger partial charge in [-0.25, -0.2) is 4.98 Å². The van der Waals surface area contributed by atoms with Crippen LogP contribution in [0.5, 0.6) is 5.75 Å². The summed E-state index contributed by atoms with van der Waals surface area (Å²) in [5.41, 5.74) is 3.13. The van der Waals surface area contributed by atoms with Crippen molar-refractivity contribution in [3.63, 3.8) is 0 Å². The van der Waals surface area contributed by atoms with Gasteiger partial charge in [-0.1, -0.05) is 11.6 Å². The first-order chi connectivity index (χ1) is 12.5. The Kier molecular flexibility index (Phi) is 5.32. The molecule has 0 spiro atoms. The van der Waals surface area contributed by atoms with Crippen molar-refractivity contribution in [3.8, 4) is 5.75 Å². The van der Waals surface area contributed by atoms with Crippen LogP contribution in [-0.4, -0.2) is 23.8 Å². The molecule has 0 aliphatic heterocycles. The Bertz CT molecular complexity index is 978. The molecule has 0 fully saturated rings. The summed E-state index contributed by atoms with van der Waals surface area (Å²) in [6.45, 7) is 3.87. The molecule has 0 unspecified atom stereocenters. The molecule has 5 nitrogen and oxygen atoms in total. The molecular weight excluding hydrogens is 348 g/mol. The topological polar surface area (TPSA) is 68.3 Å². The van der Waals surface area contributed by atoms with Crippen LogP contribution in [-0.2, 0) is 4.79 Å². The van der Waals surface area contributed by atoms with Crippen LogP contribution in [0.1, 0.15) is 33.8 Å². The number of thiazole rings is 1. The third-order valence-corrected chi connectivity index (χ3v) is 4.95. The Morgan fingerprint density at radius 3 is 2.69 bits per heavy atom. The molecule has 3 rings (SSSR count). The number of carbonyl (C=O) groups excluding carboxylic acids is 2. The van der Waals surface area contributed by atoms with Gasteiger partial charge < -0.3 is 10.1 Å². The van der Waals surface area contributed by atoms with E-state index in [9.17, 15) is 9.59 Å². The number of fused-ring (bicyclic) bond motifs is 1. The number of nitrogens with one attached hydrogen (secondary N) is 1. The normalized spacial score (nSPS) is 10.7. The number of methoxy groups -OCH3 is 1. The first-order valence-corrected chi connectivity index (χ1v) is 9.13. The number of amides is 1. The maximum Gasteiger partial charge on any atom is 0.224 e. The zero-order chi connectivity index (χ0) is 18.7. The van der Waals surface area contributed by atoms with Crippen molar-refractivity contribution in [1.29, 1.82) is 0 Å². The van der Waals surface area contributed by atoms with Crippen LogP contribution in [0.2, 0.25) is 0 Å². The Labute approximate surface area is 156 Å². The number of rotatable bonds is 6.